The van der Waals surface area contributed by atoms with Gasteiger partial charge in [-0.1, -0.05) is 42.9 Å². The van der Waals surface area contributed by atoms with Crippen molar-refractivity contribution in [3.8, 4) is 11.8 Å². The number of nitrogens with zero attached hydrogens (tertiary/aromatic N) is 3. The molecule has 3 fully saturated rings. The summed E-state index contributed by atoms with van der Waals surface area (Å²) in [6.07, 6.45) is 6.53. The second kappa shape index (κ2) is 8.76. The Kier molecular flexibility index (Phi) is 5.67. The van der Waals surface area contributed by atoms with Crippen LogP contribution in [0, 0.1) is 17.8 Å². The molecular formula is C26H27N3O3. The van der Waals surface area contributed by atoms with E-state index in [2.05, 4.69) is 16.8 Å². The molecule has 2 aromatic rings. The molecule has 0 radical (unpaired) electrons. The molecule has 2 aliphatic heterocycles. The summed E-state index contributed by atoms with van der Waals surface area (Å²) in [5.41, 5.74) is 2.40. The Balaban J connectivity index is 1.33. The van der Waals surface area contributed by atoms with Crippen molar-refractivity contribution in [2.45, 2.75) is 43.7 Å². The number of carbonyl (C=O) groups is 2. The van der Waals surface area contributed by atoms with E-state index in [0.717, 1.165) is 11.1 Å². The molecule has 3 aliphatic rings. The summed E-state index contributed by atoms with van der Waals surface area (Å²) in [6, 6.07) is 12.9. The standard InChI is InChI=1S/C26H27N3O3/c30-17-23-25(20-12-10-19(11-13-20)9-8-18-5-1-2-6-18)22-15-28(16-24(31)29(22)23)26(32)21-7-3-4-14-27-21/h3-4,7,10-14,18,22-23,25,30H,1-2,5-6,15-17H2/t22-,23+,25-/m1/s1. The number of pyridine rings is 1. The SMILES string of the molecule is O=C(c1ccccn1)N1CC(=O)N2[C@H](C1)[C@@H](c1ccc(C#CC3CCCC3)cc1)[C@@H]2CO. The molecule has 2 saturated heterocycles. The average Bonchev–Trinajstić information content (AvgIpc) is 3.33. The van der Waals surface area contributed by atoms with Crippen LogP contribution in [0.2, 0.25) is 0 Å². The van der Waals surface area contributed by atoms with E-state index in [1.807, 2.05) is 24.3 Å². The van der Waals surface area contributed by atoms with Gasteiger partial charge in [-0.05, 0) is 42.7 Å². The van der Waals surface area contributed by atoms with Gasteiger partial charge in [-0.15, -0.1) is 0 Å². The van der Waals surface area contributed by atoms with E-state index in [1.165, 1.54) is 25.7 Å². The molecule has 32 heavy (non-hydrogen) atoms. The van der Waals surface area contributed by atoms with Gasteiger partial charge in [0.05, 0.1) is 18.7 Å². The van der Waals surface area contributed by atoms with Crippen molar-refractivity contribution in [3.63, 3.8) is 0 Å². The van der Waals surface area contributed by atoms with Crippen molar-refractivity contribution >= 4 is 11.8 Å². The van der Waals surface area contributed by atoms with E-state index < -0.39 is 0 Å². The van der Waals surface area contributed by atoms with Gasteiger partial charge in [-0.25, -0.2) is 0 Å². The molecule has 2 amide bonds. The van der Waals surface area contributed by atoms with Crippen molar-refractivity contribution in [2.24, 2.45) is 5.92 Å². The number of aromatic nitrogens is 1. The van der Waals surface area contributed by atoms with E-state index in [-0.39, 0.29) is 43.0 Å². The first-order valence-corrected chi connectivity index (χ1v) is 11.4. The predicted molar refractivity (Wildman–Crippen MR) is 120 cm³/mol. The molecule has 6 heteroatoms. The minimum atomic E-state index is -0.255. The van der Waals surface area contributed by atoms with E-state index >= 15 is 0 Å². The first-order chi connectivity index (χ1) is 15.7. The maximum absolute atomic E-state index is 12.9. The van der Waals surface area contributed by atoms with E-state index in [1.54, 1.807) is 34.2 Å². The van der Waals surface area contributed by atoms with Crippen molar-refractivity contribution < 1.29 is 14.7 Å². The maximum atomic E-state index is 12.9. The Labute approximate surface area is 188 Å². The van der Waals surface area contributed by atoms with Gasteiger partial charge in [-0.3, -0.25) is 14.6 Å². The second-order valence-electron chi connectivity index (χ2n) is 8.92. The van der Waals surface area contributed by atoms with E-state index in [0.29, 0.717) is 18.2 Å². The van der Waals surface area contributed by atoms with Crippen LogP contribution in [0.1, 0.15) is 53.2 Å². The zero-order chi connectivity index (χ0) is 22.1. The molecule has 6 nitrogen and oxygen atoms in total. The molecule has 1 aliphatic carbocycles. The quantitative estimate of drug-likeness (QED) is 0.761. The number of aliphatic hydroxyl groups excluding tert-OH is 1. The van der Waals surface area contributed by atoms with Crippen LogP contribution in [-0.4, -0.2) is 63.5 Å². The zero-order valence-electron chi connectivity index (χ0n) is 18.0. The van der Waals surface area contributed by atoms with E-state index in [4.69, 9.17) is 0 Å². The summed E-state index contributed by atoms with van der Waals surface area (Å²) >= 11 is 0. The summed E-state index contributed by atoms with van der Waals surface area (Å²) in [5.74, 6) is 6.83. The van der Waals surface area contributed by atoms with Crippen LogP contribution in [0.25, 0.3) is 0 Å². The minimum absolute atomic E-state index is 0.0138. The molecule has 1 saturated carbocycles. The number of piperazine rings is 1. The first kappa shape index (κ1) is 20.7. The van der Waals surface area contributed by atoms with Crippen LogP contribution < -0.4 is 0 Å². The monoisotopic (exact) mass is 429 g/mol. The number of aliphatic hydroxyl groups is 1. The number of hydrogen-bond donors (Lipinski definition) is 1. The highest BCUT2D eigenvalue weighted by Gasteiger charge is 2.54. The molecular weight excluding hydrogens is 402 g/mol. The smallest absolute Gasteiger partial charge is 0.272 e. The van der Waals surface area contributed by atoms with Crippen LogP contribution in [-0.2, 0) is 4.79 Å². The molecule has 1 aromatic heterocycles. The molecule has 5 rings (SSSR count). The lowest BCUT2D eigenvalue weighted by atomic mass is 9.73. The van der Waals surface area contributed by atoms with Gasteiger partial charge < -0.3 is 14.9 Å². The Morgan fingerprint density at radius 1 is 1.12 bits per heavy atom. The fourth-order valence-electron chi connectivity index (χ4n) is 5.35. The van der Waals surface area contributed by atoms with Crippen LogP contribution in [0.4, 0.5) is 0 Å². The summed E-state index contributed by atoms with van der Waals surface area (Å²) < 4.78 is 0. The molecule has 1 aromatic carbocycles. The normalized spacial score (nSPS) is 25.0. The molecule has 3 heterocycles. The molecule has 0 bridgehead atoms. The molecule has 0 spiro atoms. The topological polar surface area (TPSA) is 73.7 Å². The Morgan fingerprint density at radius 3 is 2.59 bits per heavy atom. The fourth-order valence-corrected chi connectivity index (χ4v) is 5.35. The number of fused-ring (bicyclic) bond motifs is 1. The first-order valence-electron chi connectivity index (χ1n) is 11.4. The number of carbonyl (C=O) groups excluding carboxylic acids is 2. The molecule has 1 N–H and O–H groups in total. The van der Waals surface area contributed by atoms with Gasteiger partial charge in [0, 0.05) is 30.1 Å². The highest BCUT2D eigenvalue weighted by molar-refractivity contribution is 5.96. The van der Waals surface area contributed by atoms with E-state index in [9.17, 15) is 14.7 Å². The van der Waals surface area contributed by atoms with Gasteiger partial charge >= 0.3 is 0 Å². The van der Waals surface area contributed by atoms with Crippen LogP contribution in [0.5, 0.6) is 0 Å². The Bertz CT molecular complexity index is 1050. The van der Waals surface area contributed by atoms with Gasteiger partial charge in [0.1, 0.15) is 12.2 Å². The minimum Gasteiger partial charge on any atom is -0.394 e. The molecule has 164 valence electrons. The second-order valence-corrected chi connectivity index (χ2v) is 8.92. The lowest BCUT2D eigenvalue weighted by molar-refractivity contribution is -0.159. The third-order valence-electron chi connectivity index (χ3n) is 6.99. The van der Waals surface area contributed by atoms with Crippen molar-refractivity contribution in [2.75, 3.05) is 19.7 Å². The number of benzene rings is 1. The van der Waals surface area contributed by atoms with Crippen molar-refractivity contribution in [1.29, 1.82) is 0 Å². The Hall–Kier alpha value is -3.17. The summed E-state index contributed by atoms with van der Waals surface area (Å²) in [6.45, 7) is 0.362. The predicted octanol–water partition coefficient (Wildman–Crippen LogP) is 2.43. The van der Waals surface area contributed by atoms with Gasteiger partial charge in [0.15, 0.2) is 0 Å². The Morgan fingerprint density at radius 2 is 1.91 bits per heavy atom. The van der Waals surface area contributed by atoms with Crippen LogP contribution in [0.3, 0.4) is 0 Å². The largest absolute Gasteiger partial charge is 0.394 e. The van der Waals surface area contributed by atoms with Crippen LogP contribution >= 0.6 is 0 Å². The maximum Gasteiger partial charge on any atom is 0.272 e. The fraction of sp³-hybridized carbons (Fsp3) is 0.423. The highest BCUT2D eigenvalue weighted by atomic mass is 16.3. The van der Waals surface area contributed by atoms with Gasteiger partial charge in [0.2, 0.25) is 5.91 Å². The zero-order valence-corrected chi connectivity index (χ0v) is 18.0. The van der Waals surface area contributed by atoms with Gasteiger partial charge in [0.25, 0.3) is 5.91 Å². The number of rotatable bonds is 3. The van der Waals surface area contributed by atoms with Crippen LogP contribution in [0.15, 0.2) is 48.7 Å². The van der Waals surface area contributed by atoms with Gasteiger partial charge in [-0.2, -0.15) is 0 Å². The average molecular weight is 430 g/mol. The summed E-state index contributed by atoms with van der Waals surface area (Å²) in [4.78, 5) is 33.1. The number of amides is 2. The molecule has 0 unspecified atom stereocenters. The number of hydrogen-bond acceptors (Lipinski definition) is 4. The lowest BCUT2D eigenvalue weighted by Crippen LogP contribution is -2.73. The summed E-state index contributed by atoms with van der Waals surface area (Å²) in [7, 11) is 0. The third kappa shape index (κ3) is 3.78. The van der Waals surface area contributed by atoms with Crippen molar-refractivity contribution in [3.05, 3.63) is 65.5 Å². The third-order valence-corrected chi connectivity index (χ3v) is 6.99. The molecule has 3 atom stereocenters. The lowest BCUT2D eigenvalue weighted by Gasteiger charge is -2.58. The van der Waals surface area contributed by atoms with Crippen molar-refractivity contribution in [1.82, 2.24) is 14.8 Å². The summed E-state index contributed by atoms with van der Waals surface area (Å²) in [5, 5.41) is 9.98. The highest BCUT2D eigenvalue weighted by Crippen LogP contribution is 2.43.